The van der Waals surface area contributed by atoms with E-state index >= 15 is 0 Å². The maximum absolute atomic E-state index is 12.2. The van der Waals surface area contributed by atoms with Crippen LogP contribution >= 0.6 is 22.7 Å². The van der Waals surface area contributed by atoms with Crippen LogP contribution in [-0.2, 0) is 4.74 Å². The summed E-state index contributed by atoms with van der Waals surface area (Å²) in [7, 11) is 0. The maximum Gasteiger partial charge on any atom is 0.357 e. The quantitative estimate of drug-likeness (QED) is 0.718. The predicted molar refractivity (Wildman–Crippen MR) is 85.4 cm³/mol. The lowest BCUT2D eigenvalue weighted by molar-refractivity contribution is 0.0520. The average molecular weight is 350 g/mol. The van der Waals surface area contributed by atoms with Crippen LogP contribution in [0.5, 0.6) is 0 Å². The maximum atomic E-state index is 12.2. The predicted octanol–water partition coefficient (Wildman–Crippen LogP) is 1.64. The Hall–Kier alpha value is -2.59. The number of rotatable bonds is 4. The van der Waals surface area contributed by atoms with Crippen LogP contribution in [0.3, 0.4) is 0 Å². The fourth-order valence-electron chi connectivity index (χ4n) is 1.77. The van der Waals surface area contributed by atoms with Crippen molar-refractivity contribution in [2.75, 3.05) is 11.9 Å². The highest BCUT2D eigenvalue weighted by molar-refractivity contribution is 7.15. The Kier molecular flexibility index (Phi) is 4.17. The van der Waals surface area contributed by atoms with E-state index in [1.807, 2.05) is 0 Å². The summed E-state index contributed by atoms with van der Waals surface area (Å²) in [6.45, 7) is 1.93. The van der Waals surface area contributed by atoms with Crippen LogP contribution in [-0.4, -0.2) is 32.9 Å². The van der Waals surface area contributed by atoms with Gasteiger partial charge in [-0.1, -0.05) is 0 Å². The smallest absolute Gasteiger partial charge is 0.357 e. The lowest BCUT2D eigenvalue weighted by Gasteiger charge is -2.01. The first-order valence-corrected chi connectivity index (χ1v) is 8.25. The first-order valence-electron chi connectivity index (χ1n) is 6.49. The molecular weight excluding hydrogens is 340 g/mol. The van der Waals surface area contributed by atoms with Gasteiger partial charge in [-0.05, 0) is 6.92 Å². The van der Waals surface area contributed by atoms with Crippen molar-refractivity contribution in [1.29, 1.82) is 0 Å². The number of ether oxygens (including phenoxy) is 1. The minimum absolute atomic E-state index is 0.103. The summed E-state index contributed by atoms with van der Waals surface area (Å²) in [5, 5.41) is 5.87. The number of esters is 1. The van der Waals surface area contributed by atoms with Crippen LogP contribution < -0.4 is 10.9 Å². The standard InChI is InChI=1S/C13H10N4O4S2/c1-2-21-11(20)8-6-23-12(15-8)16-9(18)7-5-14-13-17(10(7)19)3-4-22-13/h3-6H,2H2,1H3,(H,15,16,18). The number of nitrogens with one attached hydrogen (secondary N) is 1. The average Bonchev–Trinajstić information content (AvgIpc) is 3.17. The van der Waals surface area contributed by atoms with Gasteiger partial charge < -0.3 is 4.74 Å². The van der Waals surface area contributed by atoms with Crippen molar-refractivity contribution in [2.45, 2.75) is 6.92 Å². The second kappa shape index (κ2) is 6.26. The summed E-state index contributed by atoms with van der Waals surface area (Å²) >= 11 is 2.36. The van der Waals surface area contributed by atoms with Gasteiger partial charge >= 0.3 is 5.97 Å². The van der Waals surface area contributed by atoms with Crippen LogP contribution in [0.2, 0.25) is 0 Å². The first-order chi connectivity index (χ1) is 11.1. The molecule has 0 saturated carbocycles. The van der Waals surface area contributed by atoms with Crippen molar-refractivity contribution in [1.82, 2.24) is 14.4 Å². The number of thiazole rings is 2. The van der Waals surface area contributed by atoms with E-state index in [9.17, 15) is 14.4 Å². The zero-order valence-electron chi connectivity index (χ0n) is 11.8. The molecule has 0 aliphatic carbocycles. The molecule has 8 nitrogen and oxygen atoms in total. The van der Waals surface area contributed by atoms with Gasteiger partial charge in [0.15, 0.2) is 15.8 Å². The van der Waals surface area contributed by atoms with Gasteiger partial charge in [0.05, 0.1) is 6.61 Å². The highest BCUT2D eigenvalue weighted by Gasteiger charge is 2.17. The normalized spacial score (nSPS) is 10.7. The fraction of sp³-hybridized carbons (Fsp3) is 0.154. The second-order valence-corrected chi connectivity index (χ2v) is 5.98. The van der Waals surface area contributed by atoms with Gasteiger partial charge in [0.1, 0.15) is 5.56 Å². The van der Waals surface area contributed by atoms with Crippen LogP contribution in [0.25, 0.3) is 4.96 Å². The number of hydrogen-bond donors (Lipinski definition) is 1. The van der Waals surface area contributed by atoms with E-state index in [0.29, 0.717) is 4.96 Å². The van der Waals surface area contributed by atoms with E-state index in [4.69, 9.17) is 4.74 Å². The van der Waals surface area contributed by atoms with Gasteiger partial charge in [0.25, 0.3) is 11.5 Å². The minimum Gasteiger partial charge on any atom is -0.461 e. The molecule has 0 spiro atoms. The number of amides is 1. The zero-order chi connectivity index (χ0) is 16.4. The second-order valence-electron chi connectivity index (χ2n) is 4.25. The number of aromatic nitrogens is 3. The van der Waals surface area contributed by atoms with Gasteiger partial charge in [-0.3, -0.25) is 19.3 Å². The van der Waals surface area contributed by atoms with Crippen molar-refractivity contribution in [3.63, 3.8) is 0 Å². The Morgan fingerprint density at radius 3 is 3.00 bits per heavy atom. The molecule has 0 aromatic carbocycles. The van der Waals surface area contributed by atoms with Crippen molar-refractivity contribution in [3.05, 3.63) is 44.8 Å². The van der Waals surface area contributed by atoms with E-state index in [-0.39, 0.29) is 23.0 Å². The Morgan fingerprint density at radius 2 is 2.22 bits per heavy atom. The van der Waals surface area contributed by atoms with E-state index in [0.717, 1.165) is 11.3 Å². The number of fused-ring (bicyclic) bond motifs is 1. The van der Waals surface area contributed by atoms with Crippen molar-refractivity contribution in [2.24, 2.45) is 0 Å². The SMILES string of the molecule is CCOC(=O)c1csc(NC(=O)c2cnc3sccn3c2=O)n1. The van der Waals surface area contributed by atoms with Crippen LogP contribution in [0, 0.1) is 0 Å². The number of hydrogen-bond acceptors (Lipinski definition) is 8. The molecule has 3 aromatic heterocycles. The summed E-state index contributed by atoms with van der Waals surface area (Å²) in [6, 6.07) is 0. The third-order valence-corrected chi connectivity index (χ3v) is 4.33. The molecule has 0 aliphatic heterocycles. The number of carbonyl (C=O) groups excluding carboxylic acids is 2. The van der Waals surface area contributed by atoms with Gasteiger partial charge in [-0.2, -0.15) is 0 Å². The monoisotopic (exact) mass is 350 g/mol. The van der Waals surface area contributed by atoms with Crippen LogP contribution in [0.15, 0.2) is 27.9 Å². The molecule has 118 valence electrons. The fourth-order valence-corrected chi connectivity index (χ4v) is 3.12. The lowest BCUT2D eigenvalue weighted by atomic mass is 10.3. The molecule has 1 amide bonds. The van der Waals surface area contributed by atoms with Crippen molar-refractivity contribution >= 4 is 44.6 Å². The summed E-state index contributed by atoms with van der Waals surface area (Å²) in [4.78, 5) is 44.4. The van der Waals surface area contributed by atoms with Crippen molar-refractivity contribution < 1.29 is 14.3 Å². The van der Waals surface area contributed by atoms with E-state index in [1.165, 1.54) is 27.3 Å². The summed E-state index contributed by atoms with van der Waals surface area (Å²) in [6.07, 6.45) is 2.78. The van der Waals surface area contributed by atoms with Gasteiger partial charge in [0, 0.05) is 23.2 Å². The Bertz CT molecular complexity index is 943. The Balaban J connectivity index is 1.82. The molecule has 0 atom stereocenters. The van der Waals surface area contributed by atoms with Gasteiger partial charge in [-0.15, -0.1) is 22.7 Å². The summed E-state index contributed by atoms with van der Waals surface area (Å²) in [5.74, 6) is -1.20. The molecule has 0 bridgehead atoms. The molecule has 0 fully saturated rings. The molecule has 3 aromatic rings. The van der Waals surface area contributed by atoms with Crippen LogP contribution in [0.4, 0.5) is 5.13 Å². The summed E-state index contributed by atoms with van der Waals surface area (Å²) in [5.41, 5.74) is -0.458. The lowest BCUT2D eigenvalue weighted by Crippen LogP contribution is -2.25. The Labute approximate surface area is 137 Å². The van der Waals surface area contributed by atoms with E-state index in [2.05, 4.69) is 15.3 Å². The van der Waals surface area contributed by atoms with E-state index in [1.54, 1.807) is 18.5 Å². The third-order valence-electron chi connectivity index (χ3n) is 2.80. The highest BCUT2D eigenvalue weighted by atomic mass is 32.1. The van der Waals surface area contributed by atoms with E-state index < -0.39 is 17.4 Å². The van der Waals surface area contributed by atoms with Gasteiger partial charge in [0.2, 0.25) is 0 Å². The number of carbonyl (C=O) groups is 2. The molecule has 0 radical (unpaired) electrons. The van der Waals surface area contributed by atoms with Crippen LogP contribution in [0.1, 0.15) is 27.8 Å². The topological polar surface area (TPSA) is 103 Å². The summed E-state index contributed by atoms with van der Waals surface area (Å²) < 4.78 is 6.12. The largest absolute Gasteiger partial charge is 0.461 e. The molecule has 3 rings (SSSR count). The Morgan fingerprint density at radius 1 is 1.39 bits per heavy atom. The molecule has 0 saturated heterocycles. The molecule has 10 heteroatoms. The van der Waals surface area contributed by atoms with Crippen molar-refractivity contribution in [3.8, 4) is 0 Å². The third kappa shape index (κ3) is 2.98. The molecule has 3 heterocycles. The van der Waals surface area contributed by atoms with Gasteiger partial charge in [-0.25, -0.2) is 14.8 Å². The zero-order valence-corrected chi connectivity index (χ0v) is 13.4. The molecular formula is C13H10N4O4S2. The first kappa shape index (κ1) is 15.3. The minimum atomic E-state index is -0.632. The number of anilines is 1. The molecule has 0 aliphatic rings. The molecule has 0 unspecified atom stereocenters. The highest BCUT2D eigenvalue weighted by Crippen LogP contribution is 2.17. The number of nitrogens with zero attached hydrogens (tertiary/aromatic N) is 3. The molecule has 23 heavy (non-hydrogen) atoms. The molecule has 1 N–H and O–H groups in total.